The van der Waals surface area contributed by atoms with Gasteiger partial charge < -0.3 is 4.79 Å². The summed E-state index contributed by atoms with van der Waals surface area (Å²) in [5, 5.41) is -0.144. The van der Waals surface area contributed by atoms with Gasteiger partial charge in [0.25, 0.3) is 5.24 Å². The van der Waals surface area contributed by atoms with Crippen LogP contribution in [0.5, 0.6) is 0 Å². The van der Waals surface area contributed by atoms with E-state index in [0.29, 0.717) is 25.1 Å². The third-order valence-electron chi connectivity index (χ3n) is 2.22. The molecule has 0 aromatic rings. The first-order valence-electron chi connectivity index (χ1n) is 5.08. The molecule has 1 aliphatic heterocycles. The maximum atomic E-state index is 11.4. The van der Waals surface area contributed by atoms with Gasteiger partial charge in [-0.2, -0.15) is 0 Å². The molecule has 0 aliphatic carbocycles. The van der Waals surface area contributed by atoms with E-state index in [9.17, 15) is 14.4 Å². The van der Waals surface area contributed by atoms with Crippen LogP contribution in [0.3, 0.4) is 0 Å². The summed E-state index contributed by atoms with van der Waals surface area (Å²) in [6.45, 7) is 2.00. The van der Waals surface area contributed by atoms with Gasteiger partial charge in [0.2, 0.25) is 5.91 Å². The number of ketones is 1. The third kappa shape index (κ3) is 4.03. The molecule has 1 rings (SSSR count). The molecule has 5 heteroatoms. The van der Waals surface area contributed by atoms with Crippen LogP contribution < -0.4 is 0 Å². The van der Waals surface area contributed by atoms with Gasteiger partial charge in [0, 0.05) is 25.1 Å². The molecule has 0 N–H and O–H groups in total. The fraction of sp³-hybridized carbons (Fsp3) is 0.700. The average molecular weight is 229 g/mol. The van der Waals surface area contributed by atoms with Gasteiger partial charge >= 0.3 is 0 Å². The molecule has 1 heterocycles. The maximum Gasteiger partial charge on any atom is 0.288 e. The van der Waals surface area contributed by atoms with Crippen molar-refractivity contribution < 1.29 is 14.4 Å². The van der Waals surface area contributed by atoms with Crippen LogP contribution in [0.25, 0.3) is 0 Å². The normalized spacial score (nSPS) is 17.0. The number of hydrogen-bond acceptors (Lipinski definition) is 4. The number of rotatable bonds is 5. The van der Waals surface area contributed by atoms with Crippen molar-refractivity contribution in [3.05, 3.63) is 0 Å². The first-order chi connectivity index (χ1) is 7.11. The van der Waals surface area contributed by atoms with E-state index in [1.165, 1.54) is 16.7 Å². The molecule has 84 valence electrons. The first-order valence-corrected chi connectivity index (χ1v) is 6.06. The van der Waals surface area contributed by atoms with Crippen molar-refractivity contribution in [3.63, 3.8) is 0 Å². The van der Waals surface area contributed by atoms with E-state index in [-0.39, 0.29) is 16.9 Å². The Hall–Kier alpha value is -0.840. The zero-order valence-corrected chi connectivity index (χ0v) is 9.64. The zero-order valence-electron chi connectivity index (χ0n) is 8.82. The molecule has 0 spiro atoms. The van der Waals surface area contributed by atoms with Crippen molar-refractivity contribution in [2.24, 2.45) is 0 Å². The summed E-state index contributed by atoms with van der Waals surface area (Å²) in [5.41, 5.74) is 0. The molecule has 0 unspecified atom stereocenters. The van der Waals surface area contributed by atoms with Gasteiger partial charge in [0.15, 0.2) is 0 Å². The molecule has 0 atom stereocenters. The van der Waals surface area contributed by atoms with E-state index < -0.39 is 0 Å². The molecule has 1 fully saturated rings. The standard InChI is InChI=1S/C10H15NO3S/c1-8(12)4-2-3-6-11-9(13)5-7-15-10(11)14/h2-7H2,1H3. The lowest BCUT2D eigenvalue weighted by Gasteiger charge is -2.23. The second-order valence-electron chi connectivity index (χ2n) is 3.57. The Morgan fingerprint density at radius 2 is 2.13 bits per heavy atom. The summed E-state index contributed by atoms with van der Waals surface area (Å²) < 4.78 is 0. The van der Waals surface area contributed by atoms with Crippen LogP contribution in [0.1, 0.15) is 32.6 Å². The second kappa shape index (κ2) is 5.90. The molecular formula is C10H15NO3S. The minimum Gasteiger partial charge on any atom is -0.300 e. The van der Waals surface area contributed by atoms with Crippen LogP contribution in [0.2, 0.25) is 0 Å². The van der Waals surface area contributed by atoms with Gasteiger partial charge in [0.1, 0.15) is 5.78 Å². The summed E-state index contributed by atoms with van der Waals surface area (Å²) in [6.07, 6.45) is 2.45. The lowest BCUT2D eigenvalue weighted by atomic mass is 10.2. The van der Waals surface area contributed by atoms with Gasteiger partial charge in [-0.1, -0.05) is 11.8 Å². The average Bonchev–Trinajstić information content (AvgIpc) is 2.15. The number of nitrogens with zero attached hydrogens (tertiary/aromatic N) is 1. The number of imide groups is 1. The molecule has 1 saturated heterocycles. The predicted octanol–water partition coefficient (Wildman–Crippen LogP) is 1.83. The number of Topliss-reactive ketones (excluding diaryl/α,β-unsaturated/α-hetero) is 1. The van der Waals surface area contributed by atoms with E-state index in [0.717, 1.165) is 12.8 Å². The van der Waals surface area contributed by atoms with Gasteiger partial charge in [-0.25, -0.2) is 0 Å². The smallest absolute Gasteiger partial charge is 0.288 e. The highest BCUT2D eigenvalue weighted by Gasteiger charge is 2.25. The second-order valence-corrected chi connectivity index (χ2v) is 4.62. The molecular weight excluding hydrogens is 214 g/mol. The molecule has 0 aromatic carbocycles. The minimum atomic E-state index is -0.144. The van der Waals surface area contributed by atoms with Crippen LogP contribution in [-0.4, -0.2) is 34.1 Å². The van der Waals surface area contributed by atoms with Gasteiger partial charge in [-0.15, -0.1) is 0 Å². The van der Waals surface area contributed by atoms with Crippen LogP contribution in [0.4, 0.5) is 4.79 Å². The Labute approximate surface area is 93.4 Å². The fourth-order valence-electron chi connectivity index (χ4n) is 1.40. The number of amides is 2. The molecule has 2 amide bonds. The van der Waals surface area contributed by atoms with E-state index in [1.807, 2.05) is 0 Å². The van der Waals surface area contributed by atoms with Crippen molar-refractivity contribution in [2.75, 3.05) is 12.3 Å². The largest absolute Gasteiger partial charge is 0.300 e. The Kier molecular flexibility index (Phi) is 4.81. The predicted molar refractivity (Wildman–Crippen MR) is 58.7 cm³/mol. The highest BCUT2D eigenvalue weighted by molar-refractivity contribution is 8.13. The summed E-state index contributed by atoms with van der Waals surface area (Å²) in [4.78, 5) is 34.7. The monoisotopic (exact) mass is 229 g/mol. The fourth-order valence-corrected chi connectivity index (χ4v) is 2.20. The molecule has 0 aromatic heterocycles. The summed E-state index contributed by atoms with van der Waals surface area (Å²) in [6, 6.07) is 0. The van der Waals surface area contributed by atoms with Crippen molar-refractivity contribution in [1.29, 1.82) is 0 Å². The van der Waals surface area contributed by atoms with Crippen LogP contribution in [0.15, 0.2) is 0 Å². The summed E-state index contributed by atoms with van der Waals surface area (Å²) in [7, 11) is 0. The van der Waals surface area contributed by atoms with Crippen LogP contribution in [0, 0.1) is 0 Å². The molecule has 15 heavy (non-hydrogen) atoms. The number of carbonyl (C=O) groups excluding carboxylic acids is 3. The van der Waals surface area contributed by atoms with Crippen molar-refractivity contribution in [3.8, 4) is 0 Å². The maximum absolute atomic E-state index is 11.4. The van der Waals surface area contributed by atoms with Crippen LogP contribution in [-0.2, 0) is 9.59 Å². The van der Waals surface area contributed by atoms with Crippen molar-refractivity contribution >= 4 is 28.7 Å². The van der Waals surface area contributed by atoms with Gasteiger partial charge in [-0.3, -0.25) is 14.5 Å². The van der Waals surface area contributed by atoms with Crippen molar-refractivity contribution in [2.45, 2.75) is 32.6 Å². The summed E-state index contributed by atoms with van der Waals surface area (Å²) in [5.74, 6) is 0.670. The van der Waals surface area contributed by atoms with Gasteiger partial charge in [0.05, 0.1) is 0 Å². The number of carbonyl (C=O) groups is 3. The third-order valence-corrected chi connectivity index (χ3v) is 3.10. The molecule has 0 saturated carbocycles. The van der Waals surface area contributed by atoms with E-state index >= 15 is 0 Å². The molecule has 0 radical (unpaired) electrons. The van der Waals surface area contributed by atoms with E-state index in [2.05, 4.69) is 0 Å². The lowest BCUT2D eigenvalue weighted by Crippen LogP contribution is -2.38. The molecule has 1 aliphatic rings. The number of thioether (sulfide) groups is 1. The first kappa shape index (κ1) is 12.2. The Morgan fingerprint density at radius 3 is 2.73 bits per heavy atom. The SMILES string of the molecule is CC(=O)CCCCN1C(=O)CCSC1=O. The van der Waals surface area contributed by atoms with E-state index in [4.69, 9.17) is 0 Å². The Morgan fingerprint density at radius 1 is 1.40 bits per heavy atom. The quantitative estimate of drug-likeness (QED) is 0.675. The summed E-state index contributed by atoms with van der Waals surface area (Å²) >= 11 is 1.19. The topological polar surface area (TPSA) is 54.5 Å². The highest BCUT2D eigenvalue weighted by atomic mass is 32.2. The Balaban J connectivity index is 2.26. The molecule has 0 bridgehead atoms. The Bertz CT molecular complexity index is 262. The number of unbranched alkanes of at least 4 members (excludes halogenated alkanes) is 1. The van der Waals surface area contributed by atoms with Crippen LogP contribution >= 0.6 is 11.8 Å². The van der Waals surface area contributed by atoms with E-state index in [1.54, 1.807) is 6.92 Å². The zero-order chi connectivity index (χ0) is 11.3. The molecule has 4 nitrogen and oxygen atoms in total. The number of hydrogen-bond donors (Lipinski definition) is 0. The minimum absolute atomic E-state index is 0.0819. The van der Waals surface area contributed by atoms with Crippen molar-refractivity contribution in [1.82, 2.24) is 4.90 Å². The van der Waals surface area contributed by atoms with Gasteiger partial charge in [-0.05, 0) is 19.8 Å². The lowest BCUT2D eigenvalue weighted by molar-refractivity contribution is -0.127. The highest BCUT2D eigenvalue weighted by Crippen LogP contribution is 2.18.